The molecular weight excluding hydrogens is 398 g/mol. The summed E-state index contributed by atoms with van der Waals surface area (Å²) in [6.45, 7) is 6.46. The standard InChI is InChI=1S/C21H31N7OS/c1-3-18-25-21(30-26-18)28-12-10-27(11-13-28)20(22-2)24-15-16-8-9-23-19(14-16)29-17-6-4-5-7-17/h8-9,14,17H,3-7,10-13,15H2,1-2H3,(H,22,24). The minimum Gasteiger partial charge on any atom is -0.474 e. The number of aromatic nitrogens is 3. The second-order valence-corrected chi connectivity index (χ2v) is 8.48. The second-order valence-electron chi connectivity index (χ2n) is 7.75. The molecule has 8 nitrogen and oxygen atoms in total. The van der Waals surface area contributed by atoms with Gasteiger partial charge in [-0.2, -0.15) is 4.37 Å². The van der Waals surface area contributed by atoms with Gasteiger partial charge in [-0.25, -0.2) is 9.97 Å². The lowest BCUT2D eigenvalue weighted by atomic mass is 10.2. The number of aliphatic imine (C=N–C) groups is 1. The van der Waals surface area contributed by atoms with Crippen molar-refractivity contribution in [2.45, 2.75) is 51.7 Å². The Morgan fingerprint density at radius 2 is 2.07 bits per heavy atom. The molecule has 0 unspecified atom stereocenters. The lowest BCUT2D eigenvalue weighted by molar-refractivity contribution is 0.201. The predicted molar refractivity (Wildman–Crippen MR) is 120 cm³/mol. The molecule has 9 heteroatoms. The van der Waals surface area contributed by atoms with Crippen LogP contribution in [-0.4, -0.2) is 64.5 Å². The second kappa shape index (κ2) is 10.1. The van der Waals surface area contributed by atoms with Crippen molar-refractivity contribution in [2.24, 2.45) is 4.99 Å². The summed E-state index contributed by atoms with van der Waals surface area (Å²) in [6.07, 6.45) is 7.83. The van der Waals surface area contributed by atoms with Crippen LogP contribution in [0.2, 0.25) is 0 Å². The number of guanidine groups is 1. The minimum atomic E-state index is 0.325. The van der Waals surface area contributed by atoms with Crippen LogP contribution < -0.4 is 15.0 Å². The van der Waals surface area contributed by atoms with E-state index in [1.165, 1.54) is 24.4 Å². The fraction of sp³-hybridized carbons (Fsp3) is 0.619. The monoisotopic (exact) mass is 429 g/mol. The van der Waals surface area contributed by atoms with Gasteiger partial charge in [-0.1, -0.05) is 6.92 Å². The van der Waals surface area contributed by atoms with E-state index < -0.39 is 0 Å². The third-order valence-electron chi connectivity index (χ3n) is 5.67. The zero-order chi connectivity index (χ0) is 20.8. The van der Waals surface area contributed by atoms with Crippen LogP contribution in [0.3, 0.4) is 0 Å². The van der Waals surface area contributed by atoms with Crippen molar-refractivity contribution in [3.8, 4) is 5.88 Å². The van der Waals surface area contributed by atoms with Crippen LogP contribution in [0.1, 0.15) is 44.0 Å². The predicted octanol–water partition coefficient (Wildman–Crippen LogP) is 2.71. The lowest BCUT2D eigenvalue weighted by Crippen LogP contribution is -2.52. The molecule has 1 saturated carbocycles. The maximum Gasteiger partial charge on any atom is 0.213 e. The van der Waals surface area contributed by atoms with Crippen molar-refractivity contribution in [2.75, 3.05) is 38.1 Å². The van der Waals surface area contributed by atoms with Crippen LogP contribution >= 0.6 is 11.5 Å². The van der Waals surface area contributed by atoms with Gasteiger partial charge in [0.2, 0.25) is 11.0 Å². The van der Waals surface area contributed by atoms with E-state index in [0.29, 0.717) is 12.6 Å². The fourth-order valence-corrected chi connectivity index (χ4v) is 4.74. The Balaban J connectivity index is 1.28. The van der Waals surface area contributed by atoms with Crippen LogP contribution in [0.15, 0.2) is 23.3 Å². The molecule has 2 aromatic rings. The zero-order valence-electron chi connectivity index (χ0n) is 17.9. The van der Waals surface area contributed by atoms with Crippen molar-refractivity contribution in [1.29, 1.82) is 0 Å². The molecule has 0 amide bonds. The minimum absolute atomic E-state index is 0.325. The van der Waals surface area contributed by atoms with E-state index >= 15 is 0 Å². The van der Waals surface area contributed by atoms with Crippen molar-refractivity contribution >= 4 is 22.6 Å². The van der Waals surface area contributed by atoms with Crippen molar-refractivity contribution in [3.63, 3.8) is 0 Å². The fourth-order valence-electron chi connectivity index (χ4n) is 3.94. The van der Waals surface area contributed by atoms with E-state index in [9.17, 15) is 0 Å². The van der Waals surface area contributed by atoms with E-state index in [-0.39, 0.29) is 0 Å². The van der Waals surface area contributed by atoms with E-state index in [1.807, 2.05) is 25.4 Å². The number of nitrogens with one attached hydrogen (secondary N) is 1. The first kappa shape index (κ1) is 20.8. The van der Waals surface area contributed by atoms with Gasteiger partial charge in [0.05, 0.1) is 0 Å². The van der Waals surface area contributed by atoms with Gasteiger partial charge in [0.25, 0.3) is 0 Å². The highest BCUT2D eigenvalue weighted by molar-refractivity contribution is 7.09. The molecule has 2 aromatic heterocycles. The molecule has 0 radical (unpaired) electrons. The highest BCUT2D eigenvalue weighted by atomic mass is 32.1. The van der Waals surface area contributed by atoms with Crippen molar-refractivity contribution < 1.29 is 4.74 Å². The summed E-state index contributed by atoms with van der Waals surface area (Å²) < 4.78 is 10.4. The quantitative estimate of drug-likeness (QED) is 0.559. The molecule has 0 bridgehead atoms. The van der Waals surface area contributed by atoms with Gasteiger partial charge in [-0.15, -0.1) is 0 Å². The molecule has 30 heavy (non-hydrogen) atoms. The average molecular weight is 430 g/mol. The summed E-state index contributed by atoms with van der Waals surface area (Å²) in [5, 5.41) is 4.52. The first-order valence-electron chi connectivity index (χ1n) is 10.9. The third-order valence-corrected chi connectivity index (χ3v) is 6.49. The molecule has 0 spiro atoms. The van der Waals surface area contributed by atoms with Gasteiger partial charge in [0.1, 0.15) is 11.9 Å². The van der Waals surface area contributed by atoms with Gasteiger partial charge in [-0.05, 0) is 37.3 Å². The Kier molecular flexibility index (Phi) is 6.99. The molecule has 4 rings (SSSR count). The zero-order valence-corrected chi connectivity index (χ0v) is 18.7. The Bertz CT molecular complexity index is 841. The maximum atomic E-state index is 6.03. The Morgan fingerprint density at radius 3 is 2.77 bits per heavy atom. The summed E-state index contributed by atoms with van der Waals surface area (Å²) in [7, 11) is 1.84. The Morgan fingerprint density at radius 1 is 1.27 bits per heavy atom. The number of piperazine rings is 1. The highest BCUT2D eigenvalue weighted by Crippen LogP contribution is 2.23. The topological polar surface area (TPSA) is 78.8 Å². The molecule has 3 heterocycles. The van der Waals surface area contributed by atoms with Gasteiger partial charge in [-0.3, -0.25) is 4.99 Å². The molecule has 0 atom stereocenters. The summed E-state index contributed by atoms with van der Waals surface area (Å²) in [4.78, 5) is 18.1. The van der Waals surface area contributed by atoms with Crippen molar-refractivity contribution in [3.05, 3.63) is 29.7 Å². The van der Waals surface area contributed by atoms with Gasteiger partial charge in [0.15, 0.2) is 5.96 Å². The summed E-state index contributed by atoms with van der Waals surface area (Å²) in [5.74, 6) is 2.59. The number of rotatable bonds is 6. The number of pyridine rings is 1. The van der Waals surface area contributed by atoms with E-state index in [1.54, 1.807) is 0 Å². The average Bonchev–Trinajstić information content (AvgIpc) is 3.47. The van der Waals surface area contributed by atoms with Crippen LogP contribution in [-0.2, 0) is 13.0 Å². The summed E-state index contributed by atoms with van der Waals surface area (Å²) >= 11 is 1.50. The van der Waals surface area contributed by atoms with Crippen molar-refractivity contribution in [1.82, 2.24) is 24.6 Å². The van der Waals surface area contributed by atoms with Crippen LogP contribution in [0, 0.1) is 0 Å². The van der Waals surface area contributed by atoms with Crippen LogP contribution in [0.4, 0.5) is 5.13 Å². The number of hydrogen-bond acceptors (Lipinski definition) is 7. The van der Waals surface area contributed by atoms with Gasteiger partial charge < -0.3 is 19.9 Å². The smallest absolute Gasteiger partial charge is 0.213 e. The molecule has 0 aromatic carbocycles. The van der Waals surface area contributed by atoms with E-state index in [4.69, 9.17) is 4.74 Å². The molecule has 2 aliphatic rings. The largest absolute Gasteiger partial charge is 0.474 e. The SMILES string of the molecule is CCc1nsc(N2CCN(C(=NC)NCc3ccnc(OC4CCCC4)c3)CC2)n1. The number of ether oxygens (including phenoxy) is 1. The summed E-state index contributed by atoms with van der Waals surface area (Å²) in [6, 6.07) is 4.07. The van der Waals surface area contributed by atoms with Crippen LogP contribution in [0.5, 0.6) is 5.88 Å². The molecule has 2 fully saturated rings. The number of nitrogens with zero attached hydrogens (tertiary/aromatic N) is 6. The molecule has 1 N–H and O–H groups in total. The highest BCUT2D eigenvalue weighted by Gasteiger charge is 2.22. The molecule has 162 valence electrons. The van der Waals surface area contributed by atoms with Gasteiger partial charge >= 0.3 is 0 Å². The van der Waals surface area contributed by atoms with E-state index in [0.717, 1.165) is 73.8 Å². The Hall–Kier alpha value is -2.42. The first-order valence-corrected chi connectivity index (χ1v) is 11.7. The normalized spacial score (nSPS) is 18.1. The third kappa shape index (κ3) is 5.19. The number of anilines is 1. The Labute approximate surface area is 182 Å². The van der Waals surface area contributed by atoms with Crippen LogP contribution in [0.25, 0.3) is 0 Å². The first-order chi connectivity index (χ1) is 14.7. The number of aryl methyl sites for hydroxylation is 1. The molecular formula is C21H31N7OS. The van der Waals surface area contributed by atoms with Gasteiger partial charge in [0, 0.05) is 70.0 Å². The number of hydrogen-bond donors (Lipinski definition) is 1. The van der Waals surface area contributed by atoms with E-state index in [2.05, 4.69) is 41.4 Å². The summed E-state index contributed by atoms with van der Waals surface area (Å²) in [5.41, 5.74) is 1.15. The maximum absolute atomic E-state index is 6.03. The lowest BCUT2D eigenvalue weighted by Gasteiger charge is -2.36. The molecule has 1 aliphatic heterocycles. The molecule has 1 aliphatic carbocycles. The molecule has 1 saturated heterocycles.